The molecule has 2 aromatic rings. The number of hydrogen-bond donors (Lipinski definition) is 2. The highest BCUT2D eigenvalue weighted by molar-refractivity contribution is 7.91. The Kier molecular flexibility index (Phi) is 3.97. The van der Waals surface area contributed by atoms with Crippen molar-refractivity contribution in [3.8, 4) is 0 Å². The molecule has 2 aromatic carbocycles. The van der Waals surface area contributed by atoms with Crippen LogP contribution in [0.25, 0.3) is 0 Å². The summed E-state index contributed by atoms with van der Waals surface area (Å²) in [6.07, 6.45) is 0. The molecule has 100 valence electrons. The fraction of sp³-hybridized carbons (Fsp3) is 0.0769. The summed E-state index contributed by atoms with van der Waals surface area (Å²) >= 11 is 5.82. The first-order valence-electron chi connectivity index (χ1n) is 5.56. The normalized spacial score (nSPS) is 11.2. The number of nitrogen functional groups attached to an aromatic ring is 1. The Morgan fingerprint density at radius 1 is 1.11 bits per heavy atom. The molecule has 0 unspecified atom stereocenters. The molecule has 0 amide bonds. The number of nitrogens with two attached hydrogens (primary N) is 1. The van der Waals surface area contributed by atoms with Crippen LogP contribution < -0.4 is 10.5 Å². The summed E-state index contributed by atoms with van der Waals surface area (Å²) in [6, 6.07) is 13.6. The van der Waals surface area contributed by atoms with Gasteiger partial charge in [-0.1, -0.05) is 41.9 Å². The van der Waals surface area contributed by atoms with E-state index >= 15 is 0 Å². The van der Waals surface area contributed by atoms with Crippen molar-refractivity contribution in [3.63, 3.8) is 0 Å². The fourth-order valence-corrected chi connectivity index (χ4v) is 3.00. The van der Waals surface area contributed by atoms with Crippen molar-refractivity contribution in [3.05, 3.63) is 59.1 Å². The van der Waals surface area contributed by atoms with E-state index in [4.69, 9.17) is 17.3 Å². The van der Waals surface area contributed by atoms with Crippen LogP contribution >= 0.6 is 11.6 Å². The number of halogens is 1. The van der Waals surface area contributed by atoms with Gasteiger partial charge in [0.05, 0.1) is 17.1 Å². The second-order valence-electron chi connectivity index (χ2n) is 4.08. The largest absolute Gasteiger partial charge is 0.397 e. The second kappa shape index (κ2) is 5.50. The molecular formula is C13H13ClN2O2S. The first kappa shape index (κ1) is 13.7. The molecule has 0 fully saturated rings. The van der Waals surface area contributed by atoms with Gasteiger partial charge >= 0.3 is 0 Å². The lowest BCUT2D eigenvalue weighted by molar-refractivity contribution is 0.600. The summed E-state index contributed by atoms with van der Waals surface area (Å²) in [4.78, 5) is 0. The highest BCUT2D eigenvalue weighted by Crippen LogP contribution is 2.24. The zero-order chi connectivity index (χ0) is 13.9. The highest BCUT2D eigenvalue weighted by atomic mass is 35.5. The van der Waals surface area contributed by atoms with Gasteiger partial charge in [-0.25, -0.2) is 8.42 Å². The highest BCUT2D eigenvalue weighted by Gasteiger charge is 2.13. The predicted octanol–water partition coefficient (Wildman–Crippen LogP) is 2.86. The predicted molar refractivity (Wildman–Crippen MR) is 78.6 cm³/mol. The lowest BCUT2D eigenvalue weighted by Crippen LogP contribution is -2.16. The molecule has 6 heteroatoms. The smallest absolute Gasteiger partial charge is 0.236 e. The Morgan fingerprint density at radius 3 is 2.47 bits per heavy atom. The van der Waals surface area contributed by atoms with E-state index in [1.54, 1.807) is 36.4 Å². The monoisotopic (exact) mass is 296 g/mol. The van der Waals surface area contributed by atoms with Crippen molar-refractivity contribution in [2.24, 2.45) is 0 Å². The summed E-state index contributed by atoms with van der Waals surface area (Å²) < 4.78 is 26.5. The molecule has 0 aliphatic heterocycles. The quantitative estimate of drug-likeness (QED) is 0.852. The van der Waals surface area contributed by atoms with Crippen LogP contribution in [-0.4, -0.2) is 8.42 Å². The van der Waals surface area contributed by atoms with E-state index in [0.717, 1.165) is 0 Å². The van der Waals surface area contributed by atoms with E-state index in [1.165, 1.54) is 6.07 Å². The van der Waals surface area contributed by atoms with E-state index < -0.39 is 10.0 Å². The van der Waals surface area contributed by atoms with Crippen LogP contribution in [0.5, 0.6) is 0 Å². The minimum atomic E-state index is -3.52. The van der Waals surface area contributed by atoms with Crippen LogP contribution in [0.1, 0.15) is 5.56 Å². The third kappa shape index (κ3) is 3.87. The minimum absolute atomic E-state index is 0.111. The van der Waals surface area contributed by atoms with Gasteiger partial charge in [0.15, 0.2) is 0 Å². The molecule has 4 nitrogen and oxygen atoms in total. The van der Waals surface area contributed by atoms with E-state index in [1.807, 2.05) is 6.07 Å². The van der Waals surface area contributed by atoms with E-state index in [0.29, 0.717) is 22.0 Å². The number of anilines is 2. The van der Waals surface area contributed by atoms with E-state index in [2.05, 4.69) is 4.72 Å². The molecule has 0 spiro atoms. The van der Waals surface area contributed by atoms with E-state index in [-0.39, 0.29) is 5.75 Å². The third-order valence-electron chi connectivity index (χ3n) is 2.48. The molecule has 0 atom stereocenters. The molecule has 0 saturated heterocycles. The summed E-state index contributed by atoms with van der Waals surface area (Å²) in [6.45, 7) is 0. The average molecular weight is 297 g/mol. The lowest BCUT2D eigenvalue weighted by Gasteiger charge is -2.10. The van der Waals surface area contributed by atoms with Gasteiger partial charge in [0.2, 0.25) is 10.0 Å². The van der Waals surface area contributed by atoms with Gasteiger partial charge in [-0.3, -0.25) is 4.72 Å². The van der Waals surface area contributed by atoms with E-state index in [9.17, 15) is 8.42 Å². The Bertz CT molecular complexity index is 672. The van der Waals surface area contributed by atoms with Gasteiger partial charge in [0.25, 0.3) is 0 Å². The molecule has 0 aromatic heterocycles. The molecule has 3 N–H and O–H groups in total. The van der Waals surface area contributed by atoms with Gasteiger partial charge in [-0.15, -0.1) is 0 Å². The fourth-order valence-electron chi connectivity index (χ4n) is 1.61. The zero-order valence-electron chi connectivity index (χ0n) is 10.0. The number of rotatable bonds is 4. The van der Waals surface area contributed by atoms with Crippen LogP contribution in [0.3, 0.4) is 0 Å². The van der Waals surface area contributed by atoms with Crippen LogP contribution in [0.2, 0.25) is 5.02 Å². The van der Waals surface area contributed by atoms with Gasteiger partial charge in [0.1, 0.15) is 0 Å². The number of nitrogens with one attached hydrogen (secondary N) is 1. The van der Waals surface area contributed by atoms with Crippen LogP contribution in [-0.2, 0) is 15.8 Å². The minimum Gasteiger partial charge on any atom is -0.397 e. The molecule has 0 aliphatic carbocycles. The number of benzene rings is 2. The van der Waals surface area contributed by atoms with Crippen LogP contribution in [0, 0.1) is 0 Å². The summed E-state index contributed by atoms with van der Waals surface area (Å²) in [5.74, 6) is -0.111. The van der Waals surface area contributed by atoms with Crippen LogP contribution in [0.4, 0.5) is 11.4 Å². The van der Waals surface area contributed by atoms with Crippen molar-refractivity contribution < 1.29 is 8.42 Å². The topological polar surface area (TPSA) is 72.2 Å². The van der Waals surface area contributed by atoms with Gasteiger partial charge < -0.3 is 5.73 Å². The molecule has 0 bridgehead atoms. The molecular weight excluding hydrogens is 284 g/mol. The first-order valence-corrected chi connectivity index (χ1v) is 7.59. The Labute approximate surface area is 117 Å². The summed E-state index contributed by atoms with van der Waals surface area (Å²) in [5.41, 5.74) is 7.04. The standard InChI is InChI=1S/C13H13ClN2O2S/c14-11-6-7-12(15)13(8-11)16-19(17,18)9-10-4-2-1-3-5-10/h1-8,16H,9,15H2. The molecule has 0 saturated carbocycles. The van der Waals surface area contributed by atoms with Crippen molar-refractivity contribution in [1.29, 1.82) is 0 Å². The van der Waals surface area contributed by atoms with Crippen molar-refractivity contribution in [2.75, 3.05) is 10.5 Å². The molecule has 19 heavy (non-hydrogen) atoms. The molecule has 0 aliphatic rings. The second-order valence-corrected chi connectivity index (χ2v) is 6.24. The number of sulfonamides is 1. The molecule has 0 radical (unpaired) electrons. The summed E-state index contributed by atoms with van der Waals surface area (Å²) in [5, 5.41) is 0.423. The van der Waals surface area contributed by atoms with Gasteiger partial charge in [0, 0.05) is 5.02 Å². The Balaban J connectivity index is 2.20. The summed E-state index contributed by atoms with van der Waals surface area (Å²) in [7, 11) is -3.52. The molecule has 0 heterocycles. The average Bonchev–Trinajstić information content (AvgIpc) is 2.34. The SMILES string of the molecule is Nc1ccc(Cl)cc1NS(=O)(=O)Cc1ccccc1. The van der Waals surface area contributed by atoms with Gasteiger partial charge in [-0.2, -0.15) is 0 Å². The number of hydrogen-bond acceptors (Lipinski definition) is 3. The zero-order valence-corrected chi connectivity index (χ0v) is 11.6. The molecule has 2 rings (SSSR count). The Hall–Kier alpha value is -1.72. The maximum absolute atomic E-state index is 12.0. The van der Waals surface area contributed by atoms with Gasteiger partial charge in [-0.05, 0) is 23.8 Å². The van der Waals surface area contributed by atoms with Crippen molar-refractivity contribution in [1.82, 2.24) is 0 Å². The van der Waals surface area contributed by atoms with Crippen LogP contribution in [0.15, 0.2) is 48.5 Å². The Morgan fingerprint density at radius 2 is 1.79 bits per heavy atom. The van der Waals surface area contributed by atoms with Crippen molar-refractivity contribution >= 4 is 33.0 Å². The first-order chi connectivity index (χ1) is 8.96. The third-order valence-corrected chi connectivity index (χ3v) is 3.96. The maximum atomic E-state index is 12.0. The van der Waals surface area contributed by atoms with Crippen molar-refractivity contribution in [2.45, 2.75) is 5.75 Å². The maximum Gasteiger partial charge on any atom is 0.236 e. The lowest BCUT2D eigenvalue weighted by atomic mass is 10.2.